The van der Waals surface area contributed by atoms with Crippen molar-refractivity contribution in [3.8, 4) is 5.75 Å². The lowest BCUT2D eigenvalue weighted by Crippen LogP contribution is -2.23. The van der Waals surface area contributed by atoms with Gasteiger partial charge in [0.2, 0.25) is 5.91 Å². The molecule has 0 saturated heterocycles. The van der Waals surface area contributed by atoms with Crippen LogP contribution in [0.5, 0.6) is 5.75 Å². The summed E-state index contributed by atoms with van der Waals surface area (Å²) in [5, 5.41) is 0.673. The molecule has 0 fully saturated rings. The second kappa shape index (κ2) is 5.61. The van der Waals surface area contributed by atoms with Gasteiger partial charge in [0, 0.05) is 19.1 Å². The highest BCUT2D eigenvalue weighted by atomic mass is 35.5. The Morgan fingerprint density at radius 1 is 1.33 bits per heavy atom. The smallest absolute Gasteiger partial charge is 0.225 e. The Hall–Kier alpha value is -1.22. The Morgan fingerprint density at radius 3 is 2.47 bits per heavy atom. The summed E-state index contributed by atoms with van der Waals surface area (Å²) in [4.78, 5) is 12.8. The Kier molecular flexibility index (Phi) is 4.43. The fraction of sp³-hybridized carbons (Fsp3) is 0.364. The van der Waals surface area contributed by atoms with Gasteiger partial charge in [-0.3, -0.25) is 4.79 Å². The van der Waals surface area contributed by atoms with Crippen LogP contribution in [0.25, 0.3) is 0 Å². The number of ether oxygens (including phenoxy) is 1. The van der Waals surface area contributed by atoms with Gasteiger partial charge in [0.1, 0.15) is 5.75 Å². The van der Waals surface area contributed by atoms with Crippen LogP contribution in [-0.4, -0.2) is 31.5 Å². The molecule has 1 aromatic carbocycles. The van der Waals surface area contributed by atoms with Crippen LogP contribution in [0, 0.1) is 0 Å². The number of halogens is 1. The first-order chi connectivity index (χ1) is 7.09. The molecule has 0 N–H and O–H groups in total. The minimum absolute atomic E-state index is 0.0592. The van der Waals surface area contributed by atoms with E-state index in [0.717, 1.165) is 5.75 Å². The Morgan fingerprint density at radius 2 is 1.93 bits per heavy atom. The lowest BCUT2D eigenvalue weighted by molar-refractivity contribution is -0.129. The number of amides is 1. The van der Waals surface area contributed by atoms with Crippen molar-refractivity contribution in [3.05, 3.63) is 29.3 Å². The molecule has 15 heavy (non-hydrogen) atoms. The molecule has 0 aliphatic carbocycles. The summed E-state index contributed by atoms with van der Waals surface area (Å²) in [6.07, 6.45) is 0.385. The first-order valence-electron chi connectivity index (χ1n) is 4.68. The van der Waals surface area contributed by atoms with Crippen molar-refractivity contribution in [2.24, 2.45) is 0 Å². The van der Waals surface area contributed by atoms with E-state index in [9.17, 15) is 4.79 Å². The average molecular weight is 228 g/mol. The summed E-state index contributed by atoms with van der Waals surface area (Å²) in [6, 6.07) is 7.07. The third-order valence-corrected chi connectivity index (χ3v) is 2.15. The molecule has 0 heterocycles. The lowest BCUT2D eigenvalue weighted by Gasteiger charge is -2.10. The van der Waals surface area contributed by atoms with Gasteiger partial charge in [-0.05, 0) is 24.3 Å². The molecule has 82 valence electrons. The fourth-order valence-electron chi connectivity index (χ4n) is 1.01. The Labute approximate surface area is 94.6 Å². The van der Waals surface area contributed by atoms with Gasteiger partial charge in [-0.15, -0.1) is 0 Å². The second-order valence-corrected chi connectivity index (χ2v) is 3.78. The van der Waals surface area contributed by atoms with Crippen LogP contribution < -0.4 is 4.74 Å². The molecule has 0 aliphatic heterocycles. The first-order valence-corrected chi connectivity index (χ1v) is 5.06. The molecule has 0 aromatic heterocycles. The lowest BCUT2D eigenvalue weighted by atomic mass is 10.3. The van der Waals surface area contributed by atoms with Crippen LogP contribution in [0.4, 0.5) is 0 Å². The van der Waals surface area contributed by atoms with E-state index in [1.54, 1.807) is 43.3 Å². The van der Waals surface area contributed by atoms with E-state index in [-0.39, 0.29) is 5.91 Å². The van der Waals surface area contributed by atoms with Crippen molar-refractivity contribution >= 4 is 17.5 Å². The summed E-state index contributed by atoms with van der Waals surface area (Å²) in [7, 11) is 3.45. The summed E-state index contributed by atoms with van der Waals surface area (Å²) in [5.41, 5.74) is 0. The SMILES string of the molecule is CN(C)C(=O)CCOc1ccc(Cl)cc1. The number of benzene rings is 1. The zero-order valence-electron chi connectivity index (χ0n) is 8.87. The van der Waals surface area contributed by atoms with Crippen molar-refractivity contribution in [1.29, 1.82) is 0 Å². The van der Waals surface area contributed by atoms with Gasteiger partial charge < -0.3 is 9.64 Å². The molecule has 1 aromatic rings. The zero-order chi connectivity index (χ0) is 11.3. The highest BCUT2D eigenvalue weighted by molar-refractivity contribution is 6.30. The zero-order valence-corrected chi connectivity index (χ0v) is 9.62. The van der Waals surface area contributed by atoms with Crippen LogP contribution >= 0.6 is 11.6 Å². The monoisotopic (exact) mass is 227 g/mol. The van der Waals surface area contributed by atoms with Crippen molar-refractivity contribution in [2.45, 2.75) is 6.42 Å². The molecule has 0 unspecified atom stereocenters. The first kappa shape index (κ1) is 11.9. The molecule has 1 rings (SSSR count). The predicted octanol–water partition coefficient (Wildman–Crippen LogP) is 2.20. The van der Waals surface area contributed by atoms with Crippen molar-refractivity contribution in [1.82, 2.24) is 4.90 Å². The maximum Gasteiger partial charge on any atom is 0.225 e. The largest absolute Gasteiger partial charge is 0.493 e. The fourth-order valence-corrected chi connectivity index (χ4v) is 1.14. The van der Waals surface area contributed by atoms with Crippen LogP contribution in [0.1, 0.15) is 6.42 Å². The quantitative estimate of drug-likeness (QED) is 0.789. The number of carbonyl (C=O) groups is 1. The highest BCUT2D eigenvalue weighted by Crippen LogP contribution is 2.15. The maximum atomic E-state index is 11.2. The maximum absolute atomic E-state index is 11.2. The van der Waals surface area contributed by atoms with Gasteiger partial charge in [0.05, 0.1) is 13.0 Å². The Bertz CT molecular complexity index is 322. The summed E-state index contributed by atoms with van der Waals surface area (Å²) >= 11 is 5.72. The summed E-state index contributed by atoms with van der Waals surface area (Å²) in [6.45, 7) is 0.388. The topological polar surface area (TPSA) is 29.5 Å². The van der Waals surface area contributed by atoms with Crippen LogP contribution in [0.15, 0.2) is 24.3 Å². The Balaban J connectivity index is 2.32. The molecule has 1 amide bonds. The molecule has 0 bridgehead atoms. The van der Waals surface area contributed by atoms with Crippen molar-refractivity contribution < 1.29 is 9.53 Å². The normalized spacial score (nSPS) is 9.80. The highest BCUT2D eigenvalue weighted by Gasteiger charge is 2.03. The van der Waals surface area contributed by atoms with Gasteiger partial charge in [-0.2, -0.15) is 0 Å². The van der Waals surface area contributed by atoms with Crippen molar-refractivity contribution in [3.63, 3.8) is 0 Å². The van der Waals surface area contributed by atoms with E-state index in [4.69, 9.17) is 16.3 Å². The van der Waals surface area contributed by atoms with Crippen LogP contribution in [-0.2, 0) is 4.79 Å². The summed E-state index contributed by atoms with van der Waals surface area (Å²) in [5.74, 6) is 0.787. The molecule has 4 heteroatoms. The number of hydrogen-bond donors (Lipinski definition) is 0. The van der Waals surface area contributed by atoms with E-state index < -0.39 is 0 Å². The molecular formula is C11H14ClNO2. The molecular weight excluding hydrogens is 214 g/mol. The van der Waals surface area contributed by atoms with Gasteiger partial charge in [-0.1, -0.05) is 11.6 Å². The number of hydrogen-bond acceptors (Lipinski definition) is 2. The number of nitrogens with zero attached hydrogens (tertiary/aromatic N) is 1. The van der Waals surface area contributed by atoms with E-state index in [1.165, 1.54) is 0 Å². The molecule has 3 nitrogen and oxygen atoms in total. The van der Waals surface area contributed by atoms with Crippen LogP contribution in [0.3, 0.4) is 0 Å². The van der Waals surface area contributed by atoms with Gasteiger partial charge >= 0.3 is 0 Å². The van der Waals surface area contributed by atoms with E-state index in [2.05, 4.69) is 0 Å². The summed E-state index contributed by atoms with van der Waals surface area (Å²) < 4.78 is 5.38. The minimum atomic E-state index is 0.0592. The van der Waals surface area contributed by atoms with Gasteiger partial charge in [-0.25, -0.2) is 0 Å². The third kappa shape index (κ3) is 4.21. The average Bonchev–Trinajstić information content (AvgIpc) is 2.20. The molecule has 0 radical (unpaired) electrons. The predicted molar refractivity (Wildman–Crippen MR) is 60.3 cm³/mol. The molecule has 0 atom stereocenters. The number of rotatable bonds is 4. The van der Waals surface area contributed by atoms with Gasteiger partial charge in [0.25, 0.3) is 0 Å². The molecule has 0 saturated carbocycles. The molecule has 0 spiro atoms. The standard InChI is InChI=1S/C11H14ClNO2/c1-13(2)11(14)7-8-15-10-5-3-9(12)4-6-10/h3-6H,7-8H2,1-2H3. The van der Waals surface area contributed by atoms with Crippen molar-refractivity contribution in [2.75, 3.05) is 20.7 Å². The third-order valence-electron chi connectivity index (χ3n) is 1.90. The minimum Gasteiger partial charge on any atom is -0.493 e. The molecule has 0 aliphatic rings. The van der Waals surface area contributed by atoms with E-state index in [1.807, 2.05) is 0 Å². The van der Waals surface area contributed by atoms with Gasteiger partial charge in [0.15, 0.2) is 0 Å². The van der Waals surface area contributed by atoms with E-state index in [0.29, 0.717) is 18.1 Å². The van der Waals surface area contributed by atoms with E-state index >= 15 is 0 Å². The number of carbonyl (C=O) groups excluding carboxylic acids is 1. The second-order valence-electron chi connectivity index (χ2n) is 3.34. The van der Waals surface area contributed by atoms with Crippen LogP contribution in [0.2, 0.25) is 5.02 Å².